The molecule has 1 N–H and O–H groups in total. The van der Waals surface area contributed by atoms with Crippen LogP contribution in [0.25, 0.3) is 10.1 Å². The maximum absolute atomic E-state index is 4.65. The van der Waals surface area contributed by atoms with E-state index in [-0.39, 0.29) is 0 Å². The molecule has 0 fully saturated rings. The van der Waals surface area contributed by atoms with Gasteiger partial charge in [0.25, 0.3) is 0 Å². The van der Waals surface area contributed by atoms with Crippen molar-refractivity contribution in [3.63, 3.8) is 0 Å². The molecule has 3 heteroatoms. The first-order valence-corrected chi connectivity index (χ1v) is 7.71. The zero-order chi connectivity index (χ0) is 13.0. The molecule has 2 unspecified atom stereocenters. The molecule has 0 radical (unpaired) electrons. The topological polar surface area (TPSA) is 24.9 Å². The van der Waals surface area contributed by atoms with Crippen molar-refractivity contribution in [2.45, 2.75) is 45.6 Å². The van der Waals surface area contributed by atoms with Gasteiger partial charge in [0.1, 0.15) is 0 Å². The summed E-state index contributed by atoms with van der Waals surface area (Å²) < 4.78 is 1.35. The van der Waals surface area contributed by atoms with E-state index in [1.54, 1.807) is 11.3 Å². The summed E-state index contributed by atoms with van der Waals surface area (Å²) in [6, 6.07) is 4.80. The first-order chi connectivity index (χ1) is 8.77. The van der Waals surface area contributed by atoms with E-state index in [0.29, 0.717) is 12.0 Å². The van der Waals surface area contributed by atoms with Gasteiger partial charge in [0.2, 0.25) is 0 Å². The van der Waals surface area contributed by atoms with E-state index < -0.39 is 0 Å². The third kappa shape index (κ3) is 2.73. The number of fused-ring (bicyclic) bond motifs is 1. The van der Waals surface area contributed by atoms with Gasteiger partial charge >= 0.3 is 0 Å². The summed E-state index contributed by atoms with van der Waals surface area (Å²) in [5.74, 6) is 0.495. The maximum Gasteiger partial charge on any atom is 0.0536 e. The molecule has 0 saturated carbocycles. The molecule has 2 aromatic heterocycles. The summed E-state index contributed by atoms with van der Waals surface area (Å²) in [5, 5.41) is 7.09. The fourth-order valence-corrected chi connectivity index (χ4v) is 3.30. The van der Waals surface area contributed by atoms with Gasteiger partial charge in [0.05, 0.1) is 5.69 Å². The quantitative estimate of drug-likeness (QED) is 0.845. The third-order valence-electron chi connectivity index (χ3n) is 3.52. The number of nitrogens with one attached hydrogen (secondary N) is 1. The predicted octanol–water partition coefficient (Wildman–Crippen LogP) is 4.18. The second-order valence-corrected chi connectivity index (χ2v) is 5.73. The average Bonchev–Trinajstić information content (AvgIpc) is 2.86. The zero-order valence-corrected chi connectivity index (χ0v) is 12.3. The molecule has 2 nitrogen and oxygen atoms in total. The van der Waals surface area contributed by atoms with Crippen LogP contribution < -0.4 is 5.32 Å². The number of thiophene rings is 1. The van der Waals surface area contributed by atoms with E-state index in [9.17, 15) is 0 Å². The van der Waals surface area contributed by atoms with Crippen molar-refractivity contribution in [2.75, 3.05) is 6.54 Å². The first kappa shape index (κ1) is 13.5. The van der Waals surface area contributed by atoms with Crippen LogP contribution in [0.15, 0.2) is 23.7 Å². The molecular weight excluding hydrogens is 240 g/mol. The molecule has 2 rings (SSSR count). The van der Waals surface area contributed by atoms with Gasteiger partial charge in [0, 0.05) is 28.2 Å². The Morgan fingerprint density at radius 2 is 2.17 bits per heavy atom. The smallest absolute Gasteiger partial charge is 0.0536 e. The van der Waals surface area contributed by atoms with Crippen molar-refractivity contribution in [3.05, 3.63) is 29.4 Å². The molecule has 0 saturated heterocycles. The normalized spacial score (nSPS) is 14.8. The Morgan fingerprint density at radius 1 is 1.33 bits per heavy atom. The van der Waals surface area contributed by atoms with Crippen molar-refractivity contribution in [2.24, 2.45) is 0 Å². The highest BCUT2D eigenvalue weighted by Gasteiger charge is 2.20. The van der Waals surface area contributed by atoms with E-state index in [4.69, 9.17) is 0 Å². The molecule has 0 bridgehead atoms. The van der Waals surface area contributed by atoms with Gasteiger partial charge < -0.3 is 5.32 Å². The molecule has 98 valence electrons. The lowest BCUT2D eigenvalue weighted by molar-refractivity contribution is 0.445. The van der Waals surface area contributed by atoms with Crippen LogP contribution in [0.4, 0.5) is 0 Å². The standard InChI is InChI=1S/C15H22N2S/c1-4-8-16-11(3)12(5-2)15-13-7-10-18-14(13)6-9-17-15/h6-7,9-12,16H,4-5,8H2,1-3H3. The van der Waals surface area contributed by atoms with Crippen LogP contribution in [-0.4, -0.2) is 17.6 Å². The van der Waals surface area contributed by atoms with E-state index in [1.807, 2.05) is 6.20 Å². The van der Waals surface area contributed by atoms with Crippen LogP contribution in [0, 0.1) is 0 Å². The summed E-state index contributed by atoms with van der Waals surface area (Å²) >= 11 is 1.80. The molecule has 0 amide bonds. The molecule has 0 spiro atoms. The number of nitrogens with zero attached hydrogens (tertiary/aromatic N) is 1. The number of hydrogen-bond acceptors (Lipinski definition) is 3. The minimum absolute atomic E-state index is 0.480. The highest BCUT2D eigenvalue weighted by Crippen LogP contribution is 2.30. The zero-order valence-electron chi connectivity index (χ0n) is 11.4. The Morgan fingerprint density at radius 3 is 2.89 bits per heavy atom. The Hall–Kier alpha value is -0.930. The summed E-state index contributed by atoms with van der Waals surface area (Å²) in [5.41, 5.74) is 1.26. The van der Waals surface area contributed by atoms with Gasteiger partial charge in [-0.1, -0.05) is 13.8 Å². The maximum atomic E-state index is 4.65. The lowest BCUT2D eigenvalue weighted by atomic mass is 9.92. The minimum atomic E-state index is 0.480. The molecule has 0 aliphatic carbocycles. The summed E-state index contributed by atoms with van der Waals surface area (Å²) in [7, 11) is 0. The van der Waals surface area contributed by atoms with Gasteiger partial charge in [-0.05, 0) is 43.8 Å². The Bertz CT molecular complexity index is 492. The second kappa shape index (κ2) is 6.30. The monoisotopic (exact) mass is 262 g/mol. The van der Waals surface area contributed by atoms with Gasteiger partial charge in [-0.15, -0.1) is 11.3 Å². The number of aromatic nitrogens is 1. The van der Waals surface area contributed by atoms with Crippen molar-refractivity contribution in [1.29, 1.82) is 0 Å². The lowest BCUT2D eigenvalue weighted by Crippen LogP contribution is -2.33. The fourth-order valence-electron chi connectivity index (χ4n) is 2.51. The average molecular weight is 262 g/mol. The van der Waals surface area contributed by atoms with Crippen LogP contribution >= 0.6 is 11.3 Å². The molecule has 18 heavy (non-hydrogen) atoms. The van der Waals surface area contributed by atoms with Gasteiger partial charge in [-0.2, -0.15) is 0 Å². The van der Waals surface area contributed by atoms with E-state index in [0.717, 1.165) is 13.0 Å². The highest BCUT2D eigenvalue weighted by atomic mass is 32.1. The van der Waals surface area contributed by atoms with Gasteiger partial charge in [-0.25, -0.2) is 0 Å². The van der Waals surface area contributed by atoms with E-state index in [2.05, 4.69) is 48.6 Å². The lowest BCUT2D eigenvalue weighted by Gasteiger charge is -2.24. The summed E-state index contributed by atoms with van der Waals surface area (Å²) in [6.07, 6.45) is 4.25. The number of pyridine rings is 1. The SMILES string of the molecule is CCCNC(C)C(CC)c1nccc2sccc12. The summed E-state index contributed by atoms with van der Waals surface area (Å²) in [4.78, 5) is 4.65. The van der Waals surface area contributed by atoms with Gasteiger partial charge in [-0.3, -0.25) is 4.98 Å². The van der Waals surface area contributed by atoms with Crippen molar-refractivity contribution in [1.82, 2.24) is 10.3 Å². The Labute approximate surface area is 113 Å². The minimum Gasteiger partial charge on any atom is -0.314 e. The number of rotatable bonds is 6. The van der Waals surface area contributed by atoms with E-state index >= 15 is 0 Å². The molecule has 2 aromatic rings. The van der Waals surface area contributed by atoms with Crippen LogP contribution in [-0.2, 0) is 0 Å². The molecule has 0 aliphatic rings. The third-order valence-corrected chi connectivity index (χ3v) is 4.40. The van der Waals surface area contributed by atoms with E-state index in [1.165, 1.54) is 22.2 Å². The molecule has 2 atom stereocenters. The predicted molar refractivity (Wildman–Crippen MR) is 80.4 cm³/mol. The largest absolute Gasteiger partial charge is 0.314 e. The first-order valence-electron chi connectivity index (χ1n) is 6.83. The van der Waals surface area contributed by atoms with Crippen LogP contribution in [0.1, 0.15) is 45.2 Å². The number of hydrogen-bond donors (Lipinski definition) is 1. The fraction of sp³-hybridized carbons (Fsp3) is 0.533. The second-order valence-electron chi connectivity index (χ2n) is 4.79. The van der Waals surface area contributed by atoms with Crippen LogP contribution in [0.3, 0.4) is 0 Å². The van der Waals surface area contributed by atoms with Crippen LogP contribution in [0.5, 0.6) is 0 Å². The molecule has 2 heterocycles. The van der Waals surface area contributed by atoms with Crippen molar-refractivity contribution < 1.29 is 0 Å². The summed E-state index contributed by atoms with van der Waals surface area (Å²) in [6.45, 7) is 7.81. The molecular formula is C15H22N2S. The Kier molecular flexibility index (Phi) is 4.72. The van der Waals surface area contributed by atoms with Crippen molar-refractivity contribution in [3.8, 4) is 0 Å². The Balaban J connectivity index is 2.29. The molecule has 0 aromatic carbocycles. The van der Waals surface area contributed by atoms with Crippen LogP contribution in [0.2, 0.25) is 0 Å². The highest BCUT2D eigenvalue weighted by molar-refractivity contribution is 7.17. The van der Waals surface area contributed by atoms with Gasteiger partial charge in [0.15, 0.2) is 0 Å². The molecule has 0 aliphatic heterocycles. The van der Waals surface area contributed by atoms with Crippen molar-refractivity contribution >= 4 is 21.4 Å².